The van der Waals surface area contributed by atoms with Crippen molar-refractivity contribution in [3.05, 3.63) is 63.2 Å². The molecule has 0 bridgehead atoms. The molecule has 0 saturated carbocycles. The Hall–Kier alpha value is -2.54. The standard InChI is InChI=1S/C21H19F2NO3S/c1-3-27-21(26)19-10(2)16-17(11-7-8-12(22)13(23)9-11)18-14(24-20(16)28-19)5-4-6-15(18)25/h5,7-9,17-18,24H,3-4,6H2,1-2H3/t17-,18+/m0/s1. The molecule has 2 atom stereocenters. The summed E-state index contributed by atoms with van der Waals surface area (Å²) < 4.78 is 32.7. The van der Waals surface area contributed by atoms with Crippen LogP contribution in [0, 0.1) is 24.5 Å². The van der Waals surface area contributed by atoms with E-state index < -0.39 is 29.4 Å². The van der Waals surface area contributed by atoms with Crippen molar-refractivity contribution in [2.75, 3.05) is 11.9 Å². The first-order valence-corrected chi connectivity index (χ1v) is 9.99. The summed E-state index contributed by atoms with van der Waals surface area (Å²) in [5, 5.41) is 4.04. The molecular weight excluding hydrogens is 384 g/mol. The van der Waals surface area contributed by atoms with Gasteiger partial charge in [-0.25, -0.2) is 13.6 Å². The van der Waals surface area contributed by atoms with Crippen LogP contribution in [-0.2, 0) is 9.53 Å². The zero-order valence-electron chi connectivity index (χ0n) is 15.5. The van der Waals surface area contributed by atoms with E-state index in [4.69, 9.17) is 4.74 Å². The molecule has 0 radical (unpaired) electrons. The molecule has 0 amide bonds. The van der Waals surface area contributed by atoms with Crippen LogP contribution in [0.25, 0.3) is 0 Å². The summed E-state index contributed by atoms with van der Waals surface area (Å²) in [5.74, 6) is -3.25. The number of carbonyl (C=O) groups is 2. The largest absolute Gasteiger partial charge is 0.462 e. The van der Waals surface area contributed by atoms with Gasteiger partial charge in [-0.1, -0.05) is 12.1 Å². The first kappa shape index (κ1) is 18.8. The third-order valence-electron chi connectivity index (χ3n) is 5.30. The number of allylic oxidation sites excluding steroid dienone is 2. The van der Waals surface area contributed by atoms with E-state index in [9.17, 15) is 18.4 Å². The maximum atomic E-state index is 14.0. The molecule has 1 aromatic heterocycles. The van der Waals surface area contributed by atoms with E-state index in [2.05, 4.69) is 5.32 Å². The average Bonchev–Trinajstić information content (AvgIpc) is 2.99. The van der Waals surface area contributed by atoms with Gasteiger partial charge in [0.1, 0.15) is 10.7 Å². The highest BCUT2D eigenvalue weighted by molar-refractivity contribution is 7.18. The number of esters is 1. The van der Waals surface area contributed by atoms with Gasteiger partial charge in [-0.15, -0.1) is 11.3 Å². The highest BCUT2D eigenvalue weighted by atomic mass is 32.1. The van der Waals surface area contributed by atoms with E-state index in [1.54, 1.807) is 13.8 Å². The van der Waals surface area contributed by atoms with Gasteiger partial charge in [0, 0.05) is 18.0 Å². The van der Waals surface area contributed by atoms with E-state index in [0.29, 0.717) is 28.8 Å². The highest BCUT2D eigenvalue weighted by Gasteiger charge is 2.43. The van der Waals surface area contributed by atoms with Crippen LogP contribution >= 0.6 is 11.3 Å². The normalized spacial score (nSPS) is 20.7. The number of ether oxygens (including phenoxy) is 1. The van der Waals surface area contributed by atoms with Crippen LogP contribution in [0.1, 0.15) is 52.0 Å². The molecule has 28 heavy (non-hydrogen) atoms. The maximum Gasteiger partial charge on any atom is 0.348 e. The van der Waals surface area contributed by atoms with Crippen LogP contribution in [0.15, 0.2) is 30.0 Å². The number of carbonyl (C=O) groups excluding carboxylic acids is 2. The number of benzene rings is 1. The Morgan fingerprint density at radius 1 is 1.29 bits per heavy atom. The Balaban J connectivity index is 1.92. The number of halogens is 2. The van der Waals surface area contributed by atoms with Gasteiger partial charge >= 0.3 is 5.97 Å². The zero-order chi connectivity index (χ0) is 20.0. The quantitative estimate of drug-likeness (QED) is 0.738. The van der Waals surface area contributed by atoms with E-state index in [-0.39, 0.29) is 12.4 Å². The number of nitrogens with one attached hydrogen (secondary N) is 1. The van der Waals surface area contributed by atoms with Gasteiger partial charge in [-0.05, 0) is 49.1 Å². The Labute approximate surface area is 165 Å². The topological polar surface area (TPSA) is 55.4 Å². The van der Waals surface area contributed by atoms with Gasteiger partial charge in [0.25, 0.3) is 0 Å². The Kier molecular flexibility index (Phi) is 4.79. The number of anilines is 1. The van der Waals surface area contributed by atoms with Crippen molar-refractivity contribution in [1.82, 2.24) is 0 Å². The predicted molar refractivity (Wildman–Crippen MR) is 103 cm³/mol. The van der Waals surface area contributed by atoms with Crippen molar-refractivity contribution in [1.29, 1.82) is 0 Å². The Bertz CT molecular complexity index is 1010. The molecule has 1 aliphatic heterocycles. The van der Waals surface area contributed by atoms with E-state index in [0.717, 1.165) is 28.4 Å². The minimum atomic E-state index is -0.954. The van der Waals surface area contributed by atoms with Crippen molar-refractivity contribution in [3.63, 3.8) is 0 Å². The number of hydrogen-bond donors (Lipinski definition) is 1. The molecule has 146 valence electrons. The van der Waals surface area contributed by atoms with Gasteiger partial charge in [-0.2, -0.15) is 0 Å². The number of ketones is 1. The summed E-state index contributed by atoms with van der Waals surface area (Å²) in [6.45, 7) is 3.80. The van der Waals surface area contributed by atoms with Crippen LogP contribution in [0.4, 0.5) is 13.8 Å². The van der Waals surface area contributed by atoms with Gasteiger partial charge < -0.3 is 10.1 Å². The second-order valence-electron chi connectivity index (χ2n) is 6.94. The molecule has 1 N–H and O–H groups in total. The second kappa shape index (κ2) is 7.13. The minimum absolute atomic E-state index is 0.0497. The van der Waals surface area contributed by atoms with Gasteiger partial charge in [0.15, 0.2) is 11.6 Å². The van der Waals surface area contributed by atoms with Crippen molar-refractivity contribution in [2.24, 2.45) is 5.92 Å². The van der Waals surface area contributed by atoms with Gasteiger partial charge in [0.05, 0.1) is 17.5 Å². The lowest BCUT2D eigenvalue weighted by Gasteiger charge is -2.36. The summed E-state index contributed by atoms with van der Waals surface area (Å²) in [7, 11) is 0. The molecule has 1 aromatic carbocycles. The van der Waals surface area contributed by atoms with Crippen LogP contribution in [0.2, 0.25) is 0 Å². The predicted octanol–water partition coefficient (Wildman–Crippen LogP) is 4.93. The number of rotatable bonds is 3. The molecule has 0 unspecified atom stereocenters. The third-order valence-corrected chi connectivity index (χ3v) is 6.50. The molecule has 0 fully saturated rings. The summed E-state index contributed by atoms with van der Waals surface area (Å²) >= 11 is 1.27. The fourth-order valence-corrected chi connectivity index (χ4v) is 5.24. The minimum Gasteiger partial charge on any atom is -0.462 e. The van der Waals surface area contributed by atoms with Gasteiger partial charge in [-0.3, -0.25) is 4.79 Å². The summed E-state index contributed by atoms with van der Waals surface area (Å²) in [6, 6.07) is 3.74. The Morgan fingerprint density at radius 3 is 2.79 bits per heavy atom. The lowest BCUT2D eigenvalue weighted by molar-refractivity contribution is -0.122. The van der Waals surface area contributed by atoms with Crippen molar-refractivity contribution in [3.8, 4) is 0 Å². The molecule has 2 aromatic rings. The number of hydrogen-bond acceptors (Lipinski definition) is 5. The second-order valence-corrected chi connectivity index (χ2v) is 7.96. The Morgan fingerprint density at radius 2 is 2.07 bits per heavy atom. The lowest BCUT2D eigenvalue weighted by atomic mass is 9.71. The van der Waals surface area contributed by atoms with Crippen LogP contribution < -0.4 is 5.32 Å². The highest BCUT2D eigenvalue weighted by Crippen LogP contribution is 2.51. The van der Waals surface area contributed by atoms with Crippen molar-refractivity contribution < 1.29 is 23.1 Å². The molecule has 1 aliphatic carbocycles. The van der Waals surface area contributed by atoms with Crippen LogP contribution in [0.5, 0.6) is 0 Å². The van der Waals surface area contributed by atoms with E-state index >= 15 is 0 Å². The molecule has 2 aliphatic rings. The zero-order valence-corrected chi connectivity index (χ0v) is 16.3. The molecular formula is C21H19F2NO3S. The summed E-state index contributed by atoms with van der Waals surface area (Å²) in [4.78, 5) is 25.6. The van der Waals surface area contributed by atoms with E-state index in [1.807, 2.05) is 6.08 Å². The third kappa shape index (κ3) is 2.94. The number of Topliss-reactive ketones (excluding diaryl/α,β-unsaturated/α-hetero) is 1. The summed E-state index contributed by atoms with van der Waals surface area (Å²) in [5.41, 5.74) is 2.76. The molecule has 7 heteroatoms. The first-order valence-electron chi connectivity index (χ1n) is 9.17. The maximum absolute atomic E-state index is 14.0. The summed E-state index contributed by atoms with van der Waals surface area (Å²) in [6.07, 6.45) is 3.01. The lowest BCUT2D eigenvalue weighted by Crippen LogP contribution is -2.34. The van der Waals surface area contributed by atoms with Crippen LogP contribution in [-0.4, -0.2) is 18.4 Å². The van der Waals surface area contributed by atoms with E-state index in [1.165, 1.54) is 17.4 Å². The number of thiophene rings is 1. The fourth-order valence-electron chi connectivity index (χ4n) is 4.07. The molecule has 4 nitrogen and oxygen atoms in total. The van der Waals surface area contributed by atoms with Crippen molar-refractivity contribution in [2.45, 2.75) is 32.6 Å². The van der Waals surface area contributed by atoms with Gasteiger partial charge in [0.2, 0.25) is 0 Å². The SMILES string of the molecule is CCOC(=O)c1sc2c(c1C)[C@H](c1ccc(F)c(F)c1)[C@H]1C(=O)CCC=C1N2. The average molecular weight is 403 g/mol. The first-order chi connectivity index (χ1) is 13.4. The van der Waals surface area contributed by atoms with Crippen LogP contribution in [0.3, 0.4) is 0 Å². The number of fused-ring (bicyclic) bond motifs is 2. The smallest absolute Gasteiger partial charge is 0.348 e. The molecule has 2 heterocycles. The molecule has 0 saturated heterocycles. The van der Waals surface area contributed by atoms with Crippen molar-refractivity contribution >= 4 is 28.1 Å². The fraction of sp³-hybridized carbons (Fsp3) is 0.333. The monoisotopic (exact) mass is 403 g/mol. The molecule has 4 rings (SSSR count). The molecule has 0 spiro atoms.